The van der Waals surface area contributed by atoms with Crippen molar-refractivity contribution in [2.45, 2.75) is 19.0 Å². The van der Waals surface area contributed by atoms with Gasteiger partial charge in [-0.15, -0.1) is 0 Å². The van der Waals surface area contributed by atoms with Crippen LogP contribution in [0.5, 0.6) is 0 Å². The van der Waals surface area contributed by atoms with Gasteiger partial charge in [-0.3, -0.25) is 9.59 Å². The number of aromatic amines is 1. The first kappa shape index (κ1) is 17.7. The number of carbonyl (C=O) groups is 1. The number of hydrogen-bond acceptors (Lipinski definition) is 3. The van der Waals surface area contributed by atoms with Crippen LogP contribution in [-0.4, -0.2) is 15.9 Å². The van der Waals surface area contributed by atoms with Gasteiger partial charge in [0.1, 0.15) is 5.82 Å². The molecule has 3 rings (SSSR count). The molecule has 1 heterocycles. The number of fused-ring (bicyclic) bond motifs is 1. The number of rotatable bonds is 4. The van der Waals surface area contributed by atoms with Gasteiger partial charge in [-0.05, 0) is 36.4 Å². The zero-order chi connectivity index (χ0) is 18.7. The van der Waals surface area contributed by atoms with E-state index in [9.17, 15) is 22.8 Å². The van der Waals surface area contributed by atoms with E-state index < -0.39 is 11.7 Å². The van der Waals surface area contributed by atoms with Crippen LogP contribution in [0.2, 0.25) is 0 Å². The fourth-order valence-electron chi connectivity index (χ4n) is 2.45. The molecule has 8 heteroatoms. The van der Waals surface area contributed by atoms with E-state index in [0.29, 0.717) is 16.7 Å². The van der Waals surface area contributed by atoms with Gasteiger partial charge in [-0.2, -0.15) is 13.2 Å². The molecule has 0 unspecified atom stereocenters. The van der Waals surface area contributed by atoms with Crippen molar-refractivity contribution >= 4 is 22.5 Å². The van der Waals surface area contributed by atoms with Gasteiger partial charge in [0.2, 0.25) is 5.91 Å². The van der Waals surface area contributed by atoms with Gasteiger partial charge in [-0.25, -0.2) is 4.98 Å². The van der Waals surface area contributed by atoms with E-state index in [2.05, 4.69) is 15.3 Å². The predicted octanol–water partition coefficient (Wildman–Crippen LogP) is 3.51. The molecular weight excluding hydrogens is 347 g/mol. The number of nitrogens with one attached hydrogen (secondary N) is 2. The van der Waals surface area contributed by atoms with E-state index in [1.807, 2.05) is 0 Å². The molecule has 0 aliphatic heterocycles. The summed E-state index contributed by atoms with van der Waals surface area (Å²) in [7, 11) is 0. The smallest absolute Gasteiger partial charge is 0.326 e. The third-order valence-corrected chi connectivity index (χ3v) is 3.75. The number of aromatic nitrogens is 2. The molecule has 0 saturated carbocycles. The molecular formula is C18H14F3N3O2. The number of aryl methyl sites for hydroxylation is 1. The number of carbonyl (C=O) groups excluding carboxylic acids is 1. The zero-order valence-corrected chi connectivity index (χ0v) is 13.4. The summed E-state index contributed by atoms with van der Waals surface area (Å²) >= 11 is 0. The molecule has 0 aliphatic rings. The Morgan fingerprint density at radius 3 is 2.46 bits per heavy atom. The van der Waals surface area contributed by atoms with Crippen molar-refractivity contribution in [3.8, 4) is 0 Å². The molecule has 0 bridgehead atoms. The Balaban J connectivity index is 1.63. The largest absolute Gasteiger partial charge is 0.416 e. The average molecular weight is 361 g/mol. The second-order valence-electron chi connectivity index (χ2n) is 5.65. The standard InChI is InChI=1S/C18H14F3N3O2/c19-18(20,21)11-5-7-12(8-6-11)22-16(25)10-9-15-23-14-4-2-1-3-13(14)17(26)24-15/h1-8H,9-10H2,(H,22,25)(H,23,24,26). The van der Waals surface area contributed by atoms with E-state index in [-0.39, 0.29) is 30.0 Å². The summed E-state index contributed by atoms with van der Waals surface area (Å²) in [6.45, 7) is 0. The number of hydrogen-bond donors (Lipinski definition) is 2. The SMILES string of the molecule is O=C(CCc1nc2ccccc2c(=O)[nH]1)Nc1ccc(C(F)(F)F)cc1. The summed E-state index contributed by atoms with van der Waals surface area (Å²) in [4.78, 5) is 30.8. The number of para-hydroxylation sites is 1. The molecule has 0 spiro atoms. The second-order valence-corrected chi connectivity index (χ2v) is 5.65. The number of nitrogens with zero attached hydrogens (tertiary/aromatic N) is 1. The minimum atomic E-state index is -4.42. The van der Waals surface area contributed by atoms with Crippen LogP contribution < -0.4 is 10.9 Å². The molecule has 26 heavy (non-hydrogen) atoms. The number of halogens is 3. The van der Waals surface area contributed by atoms with Crippen LogP contribution in [0.1, 0.15) is 17.8 Å². The van der Waals surface area contributed by atoms with E-state index in [1.54, 1.807) is 24.3 Å². The first-order valence-electron chi connectivity index (χ1n) is 7.78. The molecule has 0 aliphatic carbocycles. The lowest BCUT2D eigenvalue weighted by atomic mass is 10.2. The molecule has 0 saturated heterocycles. The molecule has 5 nitrogen and oxygen atoms in total. The molecule has 3 aromatic rings. The summed E-state index contributed by atoms with van der Waals surface area (Å²) in [5.41, 5.74) is -0.264. The predicted molar refractivity (Wildman–Crippen MR) is 90.8 cm³/mol. The summed E-state index contributed by atoms with van der Waals surface area (Å²) in [5, 5.41) is 2.98. The molecule has 134 valence electrons. The molecule has 1 aromatic heterocycles. The highest BCUT2D eigenvalue weighted by molar-refractivity contribution is 5.90. The van der Waals surface area contributed by atoms with Crippen molar-refractivity contribution in [3.63, 3.8) is 0 Å². The van der Waals surface area contributed by atoms with Crippen LogP contribution in [0.4, 0.5) is 18.9 Å². The Kier molecular flexibility index (Phi) is 4.75. The maximum Gasteiger partial charge on any atom is 0.416 e. The van der Waals surface area contributed by atoms with Crippen molar-refractivity contribution < 1.29 is 18.0 Å². The topological polar surface area (TPSA) is 74.8 Å². The van der Waals surface area contributed by atoms with Crippen molar-refractivity contribution in [1.29, 1.82) is 0 Å². The number of anilines is 1. The molecule has 2 N–H and O–H groups in total. The van der Waals surface area contributed by atoms with E-state index in [4.69, 9.17) is 0 Å². The number of amides is 1. The lowest BCUT2D eigenvalue weighted by Gasteiger charge is -2.09. The van der Waals surface area contributed by atoms with Gasteiger partial charge >= 0.3 is 6.18 Å². The summed E-state index contributed by atoms with van der Waals surface area (Å²) in [5.74, 6) is -0.0168. The quantitative estimate of drug-likeness (QED) is 0.747. The minimum absolute atomic E-state index is 0.0301. The lowest BCUT2D eigenvalue weighted by molar-refractivity contribution is -0.137. The van der Waals surface area contributed by atoms with Gasteiger partial charge in [-0.1, -0.05) is 12.1 Å². The third-order valence-electron chi connectivity index (χ3n) is 3.75. The van der Waals surface area contributed by atoms with Crippen molar-refractivity contribution in [1.82, 2.24) is 9.97 Å². The van der Waals surface area contributed by atoms with Crippen LogP contribution in [-0.2, 0) is 17.4 Å². The molecule has 0 radical (unpaired) electrons. The zero-order valence-electron chi connectivity index (χ0n) is 13.4. The van der Waals surface area contributed by atoms with Gasteiger partial charge in [0.25, 0.3) is 5.56 Å². The van der Waals surface area contributed by atoms with Crippen molar-refractivity contribution in [2.75, 3.05) is 5.32 Å². The number of H-pyrrole nitrogens is 1. The van der Waals surface area contributed by atoms with Crippen LogP contribution in [0.3, 0.4) is 0 Å². The van der Waals surface area contributed by atoms with Gasteiger partial charge in [0.05, 0.1) is 16.5 Å². The highest BCUT2D eigenvalue weighted by atomic mass is 19.4. The Morgan fingerprint density at radius 1 is 1.08 bits per heavy atom. The number of benzene rings is 2. The molecule has 0 fully saturated rings. The second kappa shape index (κ2) is 6.99. The Morgan fingerprint density at radius 2 is 1.77 bits per heavy atom. The van der Waals surface area contributed by atoms with Crippen molar-refractivity contribution in [2.24, 2.45) is 0 Å². The fraction of sp³-hybridized carbons (Fsp3) is 0.167. The maximum atomic E-state index is 12.5. The first-order valence-corrected chi connectivity index (χ1v) is 7.78. The van der Waals surface area contributed by atoms with E-state index in [1.165, 1.54) is 12.1 Å². The molecule has 1 amide bonds. The first-order chi connectivity index (χ1) is 12.3. The van der Waals surface area contributed by atoms with Crippen LogP contribution in [0.15, 0.2) is 53.3 Å². The van der Waals surface area contributed by atoms with E-state index in [0.717, 1.165) is 12.1 Å². The monoisotopic (exact) mass is 361 g/mol. The minimum Gasteiger partial charge on any atom is -0.326 e. The van der Waals surface area contributed by atoms with Crippen molar-refractivity contribution in [3.05, 3.63) is 70.3 Å². The summed E-state index contributed by atoms with van der Waals surface area (Å²) in [6, 6.07) is 11.0. The van der Waals surface area contributed by atoms with Gasteiger partial charge in [0, 0.05) is 18.5 Å². The highest BCUT2D eigenvalue weighted by Crippen LogP contribution is 2.29. The average Bonchev–Trinajstić information content (AvgIpc) is 2.60. The summed E-state index contributed by atoms with van der Waals surface area (Å²) in [6.07, 6.45) is -4.19. The Bertz CT molecular complexity index is 995. The highest BCUT2D eigenvalue weighted by Gasteiger charge is 2.29. The number of alkyl halides is 3. The van der Waals surface area contributed by atoms with Crippen LogP contribution in [0, 0.1) is 0 Å². The summed E-state index contributed by atoms with van der Waals surface area (Å²) < 4.78 is 37.5. The molecule has 0 atom stereocenters. The van der Waals surface area contributed by atoms with Crippen LogP contribution in [0.25, 0.3) is 10.9 Å². The molecule has 2 aromatic carbocycles. The maximum absolute atomic E-state index is 12.5. The lowest BCUT2D eigenvalue weighted by Crippen LogP contribution is -2.16. The van der Waals surface area contributed by atoms with Gasteiger partial charge < -0.3 is 10.3 Å². The fourth-order valence-corrected chi connectivity index (χ4v) is 2.45. The third kappa shape index (κ3) is 4.08. The normalized spacial score (nSPS) is 11.5. The van der Waals surface area contributed by atoms with Gasteiger partial charge in [0.15, 0.2) is 0 Å². The van der Waals surface area contributed by atoms with Crippen LogP contribution >= 0.6 is 0 Å². The Labute approximate surface area is 145 Å². The Hall–Kier alpha value is -3.16. The van der Waals surface area contributed by atoms with E-state index >= 15 is 0 Å².